The minimum absolute atomic E-state index is 0.176. The number of halogens is 1. The fourth-order valence-electron chi connectivity index (χ4n) is 0.918. The van der Waals surface area contributed by atoms with Crippen LogP contribution in [0.15, 0.2) is 0 Å². The highest BCUT2D eigenvalue weighted by Crippen LogP contribution is 2.10. The molecule has 52 valence electrons. The third-order valence-corrected chi connectivity index (χ3v) is 1.44. The molecule has 1 heterocycles. The van der Waals surface area contributed by atoms with Crippen molar-refractivity contribution in [2.75, 3.05) is 13.1 Å². The maximum Gasteiger partial charge on any atom is 0.314 e. The van der Waals surface area contributed by atoms with Crippen LogP contribution >= 0.6 is 0 Å². The summed E-state index contributed by atoms with van der Waals surface area (Å²) >= 11 is 0. The summed E-state index contributed by atoms with van der Waals surface area (Å²) in [7, 11) is 0. The van der Waals surface area contributed by atoms with Crippen molar-refractivity contribution in [2.45, 2.75) is 12.6 Å². The van der Waals surface area contributed by atoms with E-state index in [0.717, 1.165) is 0 Å². The van der Waals surface area contributed by atoms with E-state index < -0.39 is 12.2 Å². The van der Waals surface area contributed by atoms with Gasteiger partial charge in [-0.05, 0) is 6.42 Å². The summed E-state index contributed by atoms with van der Waals surface area (Å²) in [6.45, 7) is 0.645. The zero-order valence-corrected chi connectivity index (χ0v) is 5.01. The smallest absolute Gasteiger partial charge is 0.314 e. The highest BCUT2D eigenvalue weighted by Gasteiger charge is 2.23. The summed E-state index contributed by atoms with van der Waals surface area (Å²) in [5, 5.41) is 0. The molecule has 0 aliphatic carbocycles. The van der Waals surface area contributed by atoms with Gasteiger partial charge in [-0.1, -0.05) is 0 Å². The van der Waals surface area contributed by atoms with E-state index in [2.05, 4.69) is 0 Å². The zero-order valence-electron chi connectivity index (χ0n) is 5.01. The number of likely N-dealkylation sites (tertiary alicyclic amines) is 1. The molecule has 2 amide bonds. The summed E-state index contributed by atoms with van der Waals surface area (Å²) in [4.78, 5) is 11.6. The maximum absolute atomic E-state index is 12.3. The van der Waals surface area contributed by atoms with Crippen molar-refractivity contribution in [3.05, 3.63) is 0 Å². The van der Waals surface area contributed by atoms with E-state index in [0.29, 0.717) is 13.0 Å². The highest BCUT2D eigenvalue weighted by molar-refractivity contribution is 5.72. The van der Waals surface area contributed by atoms with Gasteiger partial charge in [-0.25, -0.2) is 9.18 Å². The number of primary amides is 1. The van der Waals surface area contributed by atoms with Gasteiger partial charge in [0, 0.05) is 6.54 Å². The molecule has 1 atom stereocenters. The van der Waals surface area contributed by atoms with Crippen LogP contribution in [0.2, 0.25) is 0 Å². The van der Waals surface area contributed by atoms with Gasteiger partial charge >= 0.3 is 6.03 Å². The SMILES string of the molecule is NC(=O)N1CC[C@@H](F)C1. The second kappa shape index (κ2) is 2.21. The van der Waals surface area contributed by atoms with Crippen LogP contribution < -0.4 is 5.73 Å². The molecule has 0 bridgehead atoms. The van der Waals surface area contributed by atoms with Crippen LogP contribution in [0.3, 0.4) is 0 Å². The lowest BCUT2D eigenvalue weighted by molar-refractivity contribution is 0.214. The Balaban J connectivity index is 2.39. The first-order chi connectivity index (χ1) is 4.20. The molecule has 2 N–H and O–H groups in total. The van der Waals surface area contributed by atoms with Gasteiger partial charge < -0.3 is 10.6 Å². The van der Waals surface area contributed by atoms with Gasteiger partial charge in [0.15, 0.2) is 0 Å². The summed E-state index contributed by atoms with van der Waals surface area (Å²) < 4.78 is 12.3. The normalized spacial score (nSPS) is 26.8. The second-order valence-corrected chi connectivity index (χ2v) is 2.17. The molecule has 0 spiro atoms. The summed E-state index contributed by atoms with van der Waals surface area (Å²) in [5.41, 5.74) is 4.88. The molecule has 1 aliphatic heterocycles. The standard InChI is InChI=1S/C5H9FN2O/c6-4-1-2-8(3-4)5(7)9/h4H,1-3H2,(H2,7,9)/t4-/m1/s1. The molecule has 1 aliphatic rings. The number of alkyl halides is 1. The van der Waals surface area contributed by atoms with E-state index in [4.69, 9.17) is 5.73 Å². The van der Waals surface area contributed by atoms with Crippen LogP contribution in [0.5, 0.6) is 0 Å². The quantitative estimate of drug-likeness (QED) is 0.499. The average Bonchev–Trinajstić information content (AvgIpc) is 2.14. The molecule has 1 saturated heterocycles. The molecular weight excluding hydrogens is 123 g/mol. The fraction of sp³-hybridized carbons (Fsp3) is 0.800. The monoisotopic (exact) mass is 132 g/mol. The predicted molar refractivity (Wildman–Crippen MR) is 30.7 cm³/mol. The molecule has 0 aromatic heterocycles. The molecule has 3 nitrogen and oxygen atoms in total. The molecule has 1 fully saturated rings. The number of nitrogens with zero attached hydrogens (tertiary/aromatic N) is 1. The van der Waals surface area contributed by atoms with Crippen LogP contribution in [0.1, 0.15) is 6.42 Å². The molecule has 0 aromatic carbocycles. The second-order valence-electron chi connectivity index (χ2n) is 2.17. The van der Waals surface area contributed by atoms with E-state index in [1.807, 2.05) is 0 Å². The lowest BCUT2D eigenvalue weighted by Crippen LogP contribution is -2.33. The van der Waals surface area contributed by atoms with Gasteiger partial charge in [-0.15, -0.1) is 0 Å². The molecule has 0 radical (unpaired) electrons. The van der Waals surface area contributed by atoms with Crippen molar-refractivity contribution < 1.29 is 9.18 Å². The van der Waals surface area contributed by atoms with E-state index in [1.165, 1.54) is 4.90 Å². The molecule has 0 unspecified atom stereocenters. The van der Waals surface area contributed by atoms with Crippen molar-refractivity contribution in [1.29, 1.82) is 0 Å². The summed E-state index contributed by atoms with van der Waals surface area (Å²) in [5.74, 6) is 0. The highest BCUT2D eigenvalue weighted by atomic mass is 19.1. The first-order valence-electron chi connectivity index (χ1n) is 2.88. The first-order valence-corrected chi connectivity index (χ1v) is 2.88. The minimum atomic E-state index is -0.863. The molecule has 0 aromatic rings. The van der Waals surface area contributed by atoms with Gasteiger partial charge in [-0.2, -0.15) is 0 Å². The largest absolute Gasteiger partial charge is 0.351 e. The van der Waals surface area contributed by atoms with Crippen LogP contribution in [0.25, 0.3) is 0 Å². The van der Waals surface area contributed by atoms with Crippen molar-refractivity contribution >= 4 is 6.03 Å². The van der Waals surface area contributed by atoms with Crippen LogP contribution in [0.4, 0.5) is 9.18 Å². The maximum atomic E-state index is 12.3. The molecule has 9 heavy (non-hydrogen) atoms. The molecule has 4 heteroatoms. The van der Waals surface area contributed by atoms with Crippen LogP contribution in [-0.4, -0.2) is 30.2 Å². The Morgan fingerprint density at radius 1 is 1.78 bits per heavy atom. The number of urea groups is 1. The van der Waals surface area contributed by atoms with Crippen molar-refractivity contribution in [3.63, 3.8) is 0 Å². The Hall–Kier alpha value is -0.800. The minimum Gasteiger partial charge on any atom is -0.351 e. The van der Waals surface area contributed by atoms with E-state index in [1.54, 1.807) is 0 Å². The lowest BCUT2D eigenvalue weighted by atomic mass is 10.3. The number of hydrogen-bond acceptors (Lipinski definition) is 1. The van der Waals surface area contributed by atoms with Gasteiger partial charge in [0.25, 0.3) is 0 Å². The number of hydrogen-bond donors (Lipinski definition) is 1. The Morgan fingerprint density at radius 3 is 2.67 bits per heavy atom. The van der Waals surface area contributed by atoms with E-state index in [9.17, 15) is 9.18 Å². The van der Waals surface area contributed by atoms with Crippen molar-refractivity contribution in [2.24, 2.45) is 5.73 Å². The van der Waals surface area contributed by atoms with E-state index >= 15 is 0 Å². The lowest BCUT2D eigenvalue weighted by Gasteiger charge is -2.09. The van der Waals surface area contributed by atoms with E-state index in [-0.39, 0.29) is 6.54 Å². The topological polar surface area (TPSA) is 46.3 Å². The number of nitrogens with two attached hydrogens (primary N) is 1. The first kappa shape index (κ1) is 6.32. The number of carbonyl (C=O) groups excluding carboxylic acids is 1. The average molecular weight is 132 g/mol. The Bertz CT molecular complexity index is 128. The zero-order chi connectivity index (χ0) is 6.85. The Labute approximate surface area is 52.6 Å². The van der Waals surface area contributed by atoms with Crippen molar-refractivity contribution in [3.8, 4) is 0 Å². The summed E-state index contributed by atoms with van der Waals surface area (Å²) in [6, 6.07) is -0.518. The third-order valence-electron chi connectivity index (χ3n) is 1.44. The number of rotatable bonds is 0. The number of carbonyl (C=O) groups is 1. The van der Waals surface area contributed by atoms with Gasteiger partial charge in [-0.3, -0.25) is 0 Å². The fourth-order valence-corrected chi connectivity index (χ4v) is 0.918. The Morgan fingerprint density at radius 2 is 2.44 bits per heavy atom. The molecule has 0 saturated carbocycles. The van der Waals surface area contributed by atoms with Crippen LogP contribution in [-0.2, 0) is 0 Å². The number of amides is 2. The Kier molecular flexibility index (Phi) is 1.55. The molecular formula is C5H9FN2O. The summed E-state index contributed by atoms with van der Waals surface area (Å²) in [6.07, 6.45) is -0.430. The van der Waals surface area contributed by atoms with Gasteiger partial charge in [0.1, 0.15) is 6.17 Å². The predicted octanol–water partition coefficient (Wildman–Crippen LogP) is 0.109. The van der Waals surface area contributed by atoms with Crippen LogP contribution in [0, 0.1) is 0 Å². The van der Waals surface area contributed by atoms with Gasteiger partial charge in [0.2, 0.25) is 0 Å². The van der Waals surface area contributed by atoms with Gasteiger partial charge in [0.05, 0.1) is 6.54 Å². The third kappa shape index (κ3) is 1.31. The molecule has 1 rings (SSSR count). The van der Waals surface area contributed by atoms with Crippen molar-refractivity contribution in [1.82, 2.24) is 4.90 Å².